The normalized spacial score (nSPS) is 21.1. The van der Waals surface area contributed by atoms with E-state index in [4.69, 9.17) is 9.15 Å². The number of aliphatic imine (C=N–C) groups is 1. The predicted molar refractivity (Wildman–Crippen MR) is 113 cm³/mol. The Morgan fingerprint density at radius 2 is 2.04 bits per heavy atom. The Morgan fingerprint density at radius 1 is 1.25 bits per heavy atom. The van der Waals surface area contributed by atoms with Crippen LogP contribution < -0.4 is 10.6 Å². The molecule has 1 unspecified atom stereocenters. The molecule has 7 heteroatoms. The molecule has 0 radical (unpaired) electrons. The Balaban J connectivity index is 1.41. The monoisotopic (exact) mass is 391 g/mol. The van der Waals surface area contributed by atoms with Crippen molar-refractivity contribution in [3.63, 3.8) is 0 Å². The van der Waals surface area contributed by atoms with Crippen molar-refractivity contribution >= 4 is 5.96 Å². The number of methoxy groups -OCH3 is 1. The highest BCUT2D eigenvalue weighted by molar-refractivity contribution is 5.79. The van der Waals surface area contributed by atoms with Crippen LogP contribution in [0.2, 0.25) is 0 Å². The van der Waals surface area contributed by atoms with Crippen molar-refractivity contribution in [3.05, 3.63) is 24.2 Å². The summed E-state index contributed by atoms with van der Waals surface area (Å²) < 4.78 is 10.9. The number of hydrogen-bond donors (Lipinski definition) is 2. The topological polar surface area (TPSA) is 65.3 Å². The largest absolute Gasteiger partial charge is 0.468 e. The first-order chi connectivity index (χ1) is 13.8. The standard InChI is InChI=1S/C21H37N5O2/c1-22-21(23-16-18-7-11-25(12-8-18)13-15-27-2)24-17-19(20-6-5-14-28-20)26-9-3-4-10-26/h5-6,14,18-19H,3-4,7-13,15-17H2,1-2H3,(H2,22,23,24). The van der Waals surface area contributed by atoms with E-state index in [1.165, 1.54) is 25.7 Å². The van der Waals surface area contributed by atoms with Gasteiger partial charge in [0.15, 0.2) is 5.96 Å². The molecular weight excluding hydrogens is 354 g/mol. The number of nitrogens with zero attached hydrogens (tertiary/aromatic N) is 3. The first kappa shape index (κ1) is 21.1. The van der Waals surface area contributed by atoms with Crippen molar-refractivity contribution in [1.82, 2.24) is 20.4 Å². The van der Waals surface area contributed by atoms with Gasteiger partial charge in [0.2, 0.25) is 0 Å². The summed E-state index contributed by atoms with van der Waals surface area (Å²) in [5, 5.41) is 7.06. The molecule has 1 atom stereocenters. The minimum atomic E-state index is 0.264. The third-order valence-corrected chi connectivity index (χ3v) is 6.02. The van der Waals surface area contributed by atoms with Crippen LogP contribution in [0.4, 0.5) is 0 Å². The number of furan rings is 1. The fourth-order valence-corrected chi connectivity index (χ4v) is 4.23. The average molecular weight is 392 g/mol. The van der Waals surface area contributed by atoms with Crippen LogP contribution in [-0.2, 0) is 4.74 Å². The highest BCUT2D eigenvalue weighted by Gasteiger charge is 2.26. The number of nitrogens with one attached hydrogen (secondary N) is 2. The fraction of sp³-hybridized carbons (Fsp3) is 0.762. The summed E-state index contributed by atoms with van der Waals surface area (Å²) in [6.07, 6.45) is 6.78. The van der Waals surface area contributed by atoms with Gasteiger partial charge < -0.3 is 24.7 Å². The van der Waals surface area contributed by atoms with Crippen molar-refractivity contribution < 1.29 is 9.15 Å². The van der Waals surface area contributed by atoms with E-state index in [9.17, 15) is 0 Å². The Labute approximate surface area is 169 Å². The molecule has 0 bridgehead atoms. The molecule has 28 heavy (non-hydrogen) atoms. The summed E-state index contributed by atoms with van der Waals surface area (Å²) in [6, 6.07) is 4.32. The summed E-state index contributed by atoms with van der Waals surface area (Å²) in [4.78, 5) is 9.43. The maximum absolute atomic E-state index is 5.71. The Bertz CT molecular complexity index is 563. The van der Waals surface area contributed by atoms with Gasteiger partial charge in [-0.25, -0.2) is 0 Å². The van der Waals surface area contributed by atoms with Crippen molar-refractivity contribution in [1.29, 1.82) is 0 Å². The van der Waals surface area contributed by atoms with Gasteiger partial charge in [-0.2, -0.15) is 0 Å². The van der Waals surface area contributed by atoms with Crippen LogP contribution in [0.15, 0.2) is 27.8 Å². The lowest BCUT2D eigenvalue weighted by Crippen LogP contribution is -2.45. The smallest absolute Gasteiger partial charge is 0.191 e. The molecule has 7 nitrogen and oxygen atoms in total. The molecule has 2 fully saturated rings. The zero-order valence-corrected chi connectivity index (χ0v) is 17.5. The van der Waals surface area contributed by atoms with E-state index >= 15 is 0 Å². The van der Waals surface area contributed by atoms with E-state index in [0.29, 0.717) is 5.92 Å². The second-order valence-electron chi connectivity index (χ2n) is 7.89. The number of piperidine rings is 1. The Kier molecular flexibility index (Phi) is 8.64. The molecule has 1 aromatic rings. The van der Waals surface area contributed by atoms with Gasteiger partial charge in [-0.1, -0.05) is 0 Å². The minimum Gasteiger partial charge on any atom is -0.468 e. The summed E-state index contributed by atoms with van der Waals surface area (Å²) >= 11 is 0. The first-order valence-electron chi connectivity index (χ1n) is 10.7. The lowest BCUT2D eigenvalue weighted by molar-refractivity contribution is 0.121. The quantitative estimate of drug-likeness (QED) is 0.495. The van der Waals surface area contributed by atoms with Crippen LogP contribution in [0.5, 0.6) is 0 Å². The van der Waals surface area contributed by atoms with Crippen molar-refractivity contribution in [3.8, 4) is 0 Å². The van der Waals surface area contributed by atoms with E-state index in [0.717, 1.165) is 64.1 Å². The summed E-state index contributed by atoms with van der Waals surface area (Å²) in [7, 11) is 3.62. The minimum absolute atomic E-state index is 0.264. The second-order valence-corrected chi connectivity index (χ2v) is 7.89. The van der Waals surface area contributed by atoms with Gasteiger partial charge in [0, 0.05) is 33.8 Å². The number of ether oxygens (including phenoxy) is 1. The van der Waals surface area contributed by atoms with Crippen molar-refractivity contribution in [2.75, 3.05) is 66.6 Å². The second kappa shape index (κ2) is 11.4. The molecule has 3 rings (SSSR count). The molecule has 158 valence electrons. The summed E-state index contributed by atoms with van der Waals surface area (Å²) in [5.41, 5.74) is 0. The molecule has 3 heterocycles. The van der Waals surface area contributed by atoms with Gasteiger partial charge in [0.25, 0.3) is 0 Å². The zero-order valence-electron chi connectivity index (χ0n) is 17.5. The van der Waals surface area contributed by atoms with Gasteiger partial charge in [0.1, 0.15) is 5.76 Å². The van der Waals surface area contributed by atoms with Crippen LogP contribution in [0, 0.1) is 5.92 Å². The molecule has 2 N–H and O–H groups in total. The van der Waals surface area contributed by atoms with Crippen LogP contribution in [0.1, 0.15) is 37.5 Å². The van der Waals surface area contributed by atoms with E-state index in [2.05, 4.69) is 31.5 Å². The van der Waals surface area contributed by atoms with Crippen LogP contribution >= 0.6 is 0 Å². The molecule has 2 aliphatic rings. The molecule has 0 amide bonds. The maximum Gasteiger partial charge on any atom is 0.191 e. The lowest BCUT2D eigenvalue weighted by atomic mass is 9.97. The number of rotatable bonds is 9. The highest BCUT2D eigenvalue weighted by atomic mass is 16.5. The number of guanidine groups is 1. The summed E-state index contributed by atoms with van der Waals surface area (Å²) in [5.74, 6) is 2.63. The molecular formula is C21H37N5O2. The van der Waals surface area contributed by atoms with E-state index in [1.54, 1.807) is 13.4 Å². The van der Waals surface area contributed by atoms with Gasteiger partial charge in [-0.15, -0.1) is 0 Å². The Morgan fingerprint density at radius 3 is 2.68 bits per heavy atom. The third kappa shape index (κ3) is 6.22. The molecule has 0 aliphatic carbocycles. The summed E-state index contributed by atoms with van der Waals surface area (Å²) in [6.45, 7) is 8.27. The first-order valence-corrected chi connectivity index (χ1v) is 10.7. The zero-order chi connectivity index (χ0) is 19.6. The number of likely N-dealkylation sites (tertiary alicyclic amines) is 2. The van der Waals surface area contributed by atoms with Gasteiger partial charge in [-0.3, -0.25) is 9.89 Å². The van der Waals surface area contributed by atoms with E-state index in [1.807, 2.05) is 13.1 Å². The maximum atomic E-state index is 5.71. The molecule has 0 saturated carbocycles. The predicted octanol–water partition coefficient (Wildman–Crippen LogP) is 1.94. The van der Waals surface area contributed by atoms with Crippen LogP contribution in [-0.4, -0.2) is 82.3 Å². The van der Waals surface area contributed by atoms with Gasteiger partial charge >= 0.3 is 0 Å². The fourth-order valence-electron chi connectivity index (χ4n) is 4.23. The van der Waals surface area contributed by atoms with E-state index in [-0.39, 0.29) is 6.04 Å². The molecule has 1 aromatic heterocycles. The molecule has 2 saturated heterocycles. The Hall–Kier alpha value is -1.57. The van der Waals surface area contributed by atoms with Gasteiger partial charge in [0.05, 0.1) is 18.9 Å². The van der Waals surface area contributed by atoms with Crippen LogP contribution in [0.3, 0.4) is 0 Å². The third-order valence-electron chi connectivity index (χ3n) is 6.02. The molecule has 0 aromatic carbocycles. The lowest BCUT2D eigenvalue weighted by Gasteiger charge is -2.32. The van der Waals surface area contributed by atoms with Gasteiger partial charge in [-0.05, 0) is 69.9 Å². The highest BCUT2D eigenvalue weighted by Crippen LogP contribution is 2.24. The van der Waals surface area contributed by atoms with Crippen LogP contribution in [0.25, 0.3) is 0 Å². The van der Waals surface area contributed by atoms with Crippen molar-refractivity contribution in [2.24, 2.45) is 10.9 Å². The number of hydrogen-bond acceptors (Lipinski definition) is 5. The average Bonchev–Trinajstić information content (AvgIpc) is 3.44. The molecule has 0 spiro atoms. The molecule has 2 aliphatic heterocycles. The van der Waals surface area contributed by atoms with Crippen molar-refractivity contribution in [2.45, 2.75) is 31.7 Å². The SMILES string of the molecule is CN=C(NCC1CCN(CCOC)CC1)NCC(c1ccco1)N1CCCC1. The van der Waals surface area contributed by atoms with E-state index < -0.39 is 0 Å².